The first-order valence-electron chi connectivity index (χ1n) is 13.3. The van der Waals surface area contributed by atoms with Crippen molar-refractivity contribution in [2.24, 2.45) is 0 Å². The molecular formula is C34H36IrNO3Si-. The second-order valence-electron chi connectivity index (χ2n) is 11.3. The molecule has 2 heterocycles. The maximum Gasteiger partial charge on any atom is 0.155 e. The van der Waals surface area contributed by atoms with Crippen LogP contribution in [0, 0.1) is 6.07 Å². The van der Waals surface area contributed by atoms with Crippen LogP contribution in [0.1, 0.15) is 39.2 Å². The van der Waals surface area contributed by atoms with Crippen LogP contribution in [-0.4, -0.2) is 23.9 Å². The molecule has 5 rings (SSSR count). The van der Waals surface area contributed by atoms with Crippen LogP contribution in [0.4, 0.5) is 0 Å². The molecule has 3 aromatic carbocycles. The van der Waals surface area contributed by atoms with Crippen molar-refractivity contribution in [3.8, 4) is 22.6 Å². The average Bonchev–Trinajstić information content (AvgIpc) is 3.31. The monoisotopic (exact) mass is 727 g/mol. The second-order valence-corrected chi connectivity index (χ2v) is 16.3. The Kier molecular flexibility index (Phi) is 10.1. The number of aliphatic hydroxyl groups excluding tert-OH is 1. The second kappa shape index (κ2) is 12.9. The van der Waals surface area contributed by atoms with Gasteiger partial charge in [-0.25, -0.2) is 0 Å². The quantitative estimate of drug-likeness (QED) is 0.0852. The summed E-state index contributed by atoms with van der Waals surface area (Å²) >= 11 is 0. The van der Waals surface area contributed by atoms with Gasteiger partial charge >= 0.3 is 0 Å². The van der Waals surface area contributed by atoms with E-state index >= 15 is 0 Å². The van der Waals surface area contributed by atoms with Crippen LogP contribution < -0.4 is 5.19 Å². The minimum atomic E-state index is -1.38. The zero-order chi connectivity index (χ0) is 28.3. The van der Waals surface area contributed by atoms with E-state index in [9.17, 15) is 4.79 Å². The van der Waals surface area contributed by atoms with Gasteiger partial charge in [-0.2, -0.15) is 0 Å². The Balaban J connectivity index is 0.000000492. The summed E-state index contributed by atoms with van der Waals surface area (Å²) in [4.78, 5) is 14.8. The van der Waals surface area contributed by atoms with Gasteiger partial charge in [0.2, 0.25) is 0 Å². The minimum absolute atomic E-state index is 0. The Morgan fingerprint density at radius 1 is 1.00 bits per heavy atom. The van der Waals surface area contributed by atoms with Crippen LogP contribution in [0.3, 0.4) is 0 Å². The standard InChI is InChI=1S/C29H28NOSi.C5H8O2.Ir/c1-19(2)26-17-22(15-23-18-27(31-29(23)26)20-9-7-6-8-10-20)28-25-12-11-24(32(3,4)5)16-21(25)13-14-30-28;1-4(6)3-5(2)7;/h6-14,16-19H,1-5H3;3,6H,1-2H3;/q-1;;/b;4-3-;. The summed E-state index contributed by atoms with van der Waals surface area (Å²) in [5.74, 6) is 1.14. The fraction of sp³-hybridized carbons (Fsp3) is 0.235. The number of rotatable bonds is 5. The van der Waals surface area contributed by atoms with Gasteiger partial charge in [-0.05, 0) is 36.6 Å². The van der Waals surface area contributed by atoms with E-state index in [1.165, 1.54) is 41.4 Å². The summed E-state index contributed by atoms with van der Waals surface area (Å²) in [6.07, 6.45) is 3.09. The molecule has 2 aromatic heterocycles. The first-order valence-corrected chi connectivity index (χ1v) is 16.8. The molecule has 5 aromatic rings. The Labute approximate surface area is 251 Å². The molecule has 1 N–H and O–H groups in total. The fourth-order valence-corrected chi connectivity index (χ4v) is 5.73. The van der Waals surface area contributed by atoms with Crippen molar-refractivity contribution in [2.75, 3.05) is 0 Å². The molecule has 0 atom stereocenters. The van der Waals surface area contributed by atoms with Crippen molar-refractivity contribution in [2.45, 2.75) is 53.3 Å². The maximum absolute atomic E-state index is 10.0. The predicted octanol–water partition coefficient (Wildman–Crippen LogP) is 8.82. The number of aliphatic hydroxyl groups is 1. The summed E-state index contributed by atoms with van der Waals surface area (Å²) < 4.78 is 6.33. The average molecular weight is 727 g/mol. The van der Waals surface area contributed by atoms with Gasteiger partial charge in [0.25, 0.3) is 0 Å². The third-order valence-electron chi connectivity index (χ3n) is 6.54. The van der Waals surface area contributed by atoms with E-state index in [1.54, 1.807) is 0 Å². The number of allylic oxidation sites excluding steroid dienone is 2. The Bertz CT molecular complexity index is 1660. The molecule has 0 saturated carbocycles. The van der Waals surface area contributed by atoms with E-state index in [2.05, 4.69) is 88.1 Å². The SMILES string of the molecule is CC(=O)/C=C(/C)O.CC(C)c1cc(-c2nccc3cc([Si](C)(C)C)ccc23)[c-]c2cc(-c3ccccc3)oc12.[Ir]. The zero-order valence-corrected chi connectivity index (χ0v) is 27.5. The number of nitrogens with zero attached hydrogens (tertiary/aromatic N) is 1. The predicted molar refractivity (Wildman–Crippen MR) is 165 cm³/mol. The molecule has 0 fully saturated rings. The van der Waals surface area contributed by atoms with Gasteiger partial charge in [0.05, 0.1) is 25.2 Å². The number of pyridine rings is 1. The molecule has 0 aliphatic rings. The molecule has 0 aliphatic carbocycles. The zero-order valence-electron chi connectivity index (χ0n) is 24.1. The molecule has 4 nitrogen and oxygen atoms in total. The van der Waals surface area contributed by atoms with Crippen molar-refractivity contribution in [3.63, 3.8) is 0 Å². The number of furan rings is 1. The molecule has 0 saturated heterocycles. The van der Waals surface area contributed by atoms with Crippen molar-refractivity contribution >= 4 is 40.8 Å². The van der Waals surface area contributed by atoms with Gasteiger partial charge in [-0.1, -0.05) is 110 Å². The number of hydrogen-bond acceptors (Lipinski definition) is 4. The topological polar surface area (TPSA) is 63.3 Å². The number of hydrogen-bond donors (Lipinski definition) is 1. The third-order valence-corrected chi connectivity index (χ3v) is 8.58. The van der Waals surface area contributed by atoms with Gasteiger partial charge in [0, 0.05) is 43.6 Å². The van der Waals surface area contributed by atoms with E-state index < -0.39 is 8.07 Å². The fourth-order valence-electron chi connectivity index (χ4n) is 4.55. The third kappa shape index (κ3) is 7.25. The number of fused-ring (bicyclic) bond motifs is 2. The molecular weight excluding hydrogens is 691 g/mol. The van der Waals surface area contributed by atoms with Crippen LogP contribution >= 0.6 is 0 Å². The van der Waals surface area contributed by atoms with E-state index in [4.69, 9.17) is 14.5 Å². The summed E-state index contributed by atoms with van der Waals surface area (Å²) in [6.45, 7) is 14.4. The number of aromatic nitrogens is 1. The number of carbonyl (C=O) groups excluding carboxylic acids is 1. The van der Waals surface area contributed by atoms with Crippen LogP contribution in [-0.2, 0) is 24.9 Å². The molecule has 0 aliphatic heterocycles. The van der Waals surface area contributed by atoms with Crippen LogP contribution in [0.25, 0.3) is 44.3 Å². The minimum Gasteiger partial charge on any atom is -0.512 e. The van der Waals surface area contributed by atoms with E-state index in [0.717, 1.165) is 33.6 Å². The van der Waals surface area contributed by atoms with Gasteiger partial charge in [0.1, 0.15) is 0 Å². The van der Waals surface area contributed by atoms with Crippen molar-refractivity contribution in [1.82, 2.24) is 4.98 Å². The Morgan fingerprint density at radius 3 is 2.27 bits per heavy atom. The van der Waals surface area contributed by atoms with Gasteiger partial charge in [-0.15, -0.1) is 12.1 Å². The first kappa shape index (κ1) is 31.2. The molecule has 40 heavy (non-hydrogen) atoms. The molecule has 0 spiro atoms. The summed E-state index contributed by atoms with van der Waals surface area (Å²) in [7, 11) is -1.38. The molecule has 0 bridgehead atoms. The van der Waals surface area contributed by atoms with Gasteiger partial charge in [-0.3, -0.25) is 9.78 Å². The summed E-state index contributed by atoms with van der Waals surface area (Å²) in [5.41, 5.74) is 5.19. The van der Waals surface area contributed by atoms with Gasteiger partial charge < -0.3 is 9.52 Å². The van der Waals surface area contributed by atoms with Gasteiger partial charge in [0.15, 0.2) is 5.78 Å². The van der Waals surface area contributed by atoms with Crippen molar-refractivity contribution in [1.29, 1.82) is 0 Å². The molecule has 0 amide bonds. The molecule has 6 heteroatoms. The van der Waals surface area contributed by atoms with E-state index in [1.807, 2.05) is 24.4 Å². The van der Waals surface area contributed by atoms with Crippen LogP contribution in [0.15, 0.2) is 89.2 Å². The first-order chi connectivity index (χ1) is 18.4. The summed E-state index contributed by atoms with van der Waals surface area (Å²) in [6, 6.07) is 27.2. The largest absolute Gasteiger partial charge is 0.512 e. The van der Waals surface area contributed by atoms with Crippen LogP contribution in [0.2, 0.25) is 19.6 Å². The Morgan fingerprint density at radius 2 is 1.70 bits per heavy atom. The summed E-state index contributed by atoms with van der Waals surface area (Å²) in [5, 5.41) is 13.2. The number of ketones is 1. The maximum atomic E-state index is 10.0. The van der Waals surface area contributed by atoms with E-state index in [-0.39, 0.29) is 31.6 Å². The van der Waals surface area contributed by atoms with Crippen molar-refractivity contribution in [3.05, 3.63) is 96.4 Å². The molecule has 0 unspecified atom stereocenters. The number of carbonyl (C=O) groups is 1. The van der Waals surface area contributed by atoms with Crippen molar-refractivity contribution < 1.29 is 34.4 Å². The normalized spacial score (nSPS) is 11.8. The van der Waals surface area contributed by atoms with Crippen LogP contribution in [0.5, 0.6) is 0 Å². The van der Waals surface area contributed by atoms with E-state index in [0.29, 0.717) is 5.92 Å². The molecule has 1 radical (unpaired) electrons. The molecule has 209 valence electrons. The smallest absolute Gasteiger partial charge is 0.155 e. The number of benzene rings is 3. The Hall–Kier alpha value is -3.31.